The van der Waals surface area contributed by atoms with E-state index in [1.54, 1.807) is 34.9 Å². The summed E-state index contributed by atoms with van der Waals surface area (Å²) in [6.07, 6.45) is 1.47. The number of nitriles is 1. The van der Waals surface area contributed by atoms with Gasteiger partial charge in [0.05, 0.1) is 40.1 Å². The summed E-state index contributed by atoms with van der Waals surface area (Å²) in [5, 5.41) is 13.6. The Morgan fingerprint density at radius 1 is 1.10 bits per heavy atom. The Hall–Kier alpha value is -4.24. The second kappa shape index (κ2) is 11.9. The first-order chi connectivity index (χ1) is 20.0. The molecule has 0 fully saturated rings. The van der Waals surface area contributed by atoms with Crippen LogP contribution < -0.4 is 10.5 Å². The standard InChI is InChI=1S/C31H31BrN6O3Si/c1-20-14-24(41-23-7-5-6-21(15-23)17-33)9-11-27(20)38-30(34)25(18-35-38)29(39)31-36-26-16-22(32)8-10-28(26)37(31)19-40-12-13-42(2,3)4/h5-11,14-16,18H,12-13,19,34H2,1-4H3. The summed E-state index contributed by atoms with van der Waals surface area (Å²) >= 11 is 3.50. The number of imidazole rings is 1. The van der Waals surface area contributed by atoms with Crippen molar-refractivity contribution in [2.75, 3.05) is 12.3 Å². The molecule has 2 N–H and O–H groups in total. The molecule has 3 aromatic carbocycles. The monoisotopic (exact) mass is 642 g/mol. The highest BCUT2D eigenvalue weighted by atomic mass is 79.9. The van der Waals surface area contributed by atoms with Gasteiger partial charge >= 0.3 is 0 Å². The van der Waals surface area contributed by atoms with Gasteiger partial charge in [0.15, 0.2) is 5.82 Å². The quantitative estimate of drug-likeness (QED) is 0.0981. The fraction of sp³-hybridized carbons (Fsp3) is 0.226. The highest BCUT2D eigenvalue weighted by Gasteiger charge is 2.25. The van der Waals surface area contributed by atoms with Crippen molar-refractivity contribution in [1.29, 1.82) is 5.26 Å². The number of halogens is 1. The molecular weight excluding hydrogens is 612 g/mol. The predicted molar refractivity (Wildman–Crippen MR) is 169 cm³/mol. The molecule has 2 aromatic heterocycles. The van der Waals surface area contributed by atoms with E-state index in [0.717, 1.165) is 21.6 Å². The largest absolute Gasteiger partial charge is 0.457 e. The van der Waals surface area contributed by atoms with E-state index < -0.39 is 8.07 Å². The molecule has 5 rings (SSSR count). The Morgan fingerprint density at radius 2 is 1.88 bits per heavy atom. The van der Waals surface area contributed by atoms with Gasteiger partial charge in [-0.1, -0.05) is 41.6 Å². The van der Waals surface area contributed by atoms with Gasteiger partial charge in [0.2, 0.25) is 5.78 Å². The van der Waals surface area contributed by atoms with E-state index in [0.29, 0.717) is 34.9 Å². The smallest absolute Gasteiger partial charge is 0.233 e. The number of hydrogen-bond acceptors (Lipinski definition) is 7. The molecule has 0 atom stereocenters. The number of nitrogen functional groups attached to an aromatic ring is 1. The molecule has 0 aliphatic carbocycles. The zero-order valence-electron chi connectivity index (χ0n) is 23.9. The fourth-order valence-electron chi connectivity index (χ4n) is 4.48. The van der Waals surface area contributed by atoms with Crippen molar-refractivity contribution in [2.45, 2.75) is 39.3 Å². The minimum Gasteiger partial charge on any atom is -0.457 e. The van der Waals surface area contributed by atoms with E-state index in [4.69, 9.17) is 20.5 Å². The number of benzene rings is 3. The van der Waals surface area contributed by atoms with Crippen LogP contribution in [0.3, 0.4) is 0 Å². The van der Waals surface area contributed by atoms with Crippen LogP contribution in [0.1, 0.15) is 27.3 Å². The van der Waals surface area contributed by atoms with Crippen LogP contribution in [-0.2, 0) is 11.5 Å². The summed E-state index contributed by atoms with van der Waals surface area (Å²) in [6, 6.07) is 21.3. The van der Waals surface area contributed by atoms with Gasteiger partial charge in [0.25, 0.3) is 0 Å². The number of aromatic nitrogens is 4. The van der Waals surface area contributed by atoms with Crippen molar-refractivity contribution < 1.29 is 14.3 Å². The number of fused-ring (bicyclic) bond motifs is 1. The third-order valence-corrected chi connectivity index (χ3v) is 8.97. The molecule has 9 nitrogen and oxygen atoms in total. The SMILES string of the molecule is Cc1cc(Oc2cccc(C#N)c2)ccc1-n1ncc(C(=O)c2nc3cc(Br)ccc3n2COCC[Si](C)(C)C)c1N. The fourth-order valence-corrected chi connectivity index (χ4v) is 5.59. The molecule has 5 aromatic rings. The van der Waals surface area contributed by atoms with Crippen LogP contribution in [0.15, 0.2) is 71.3 Å². The van der Waals surface area contributed by atoms with Gasteiger partial charge in [-0.3, -0.25) is 9.36 Å². The minimum atomic E-state index is -1.27. The molecule has 0 saturated heterocycles. The van der Waals surface area contributed by atoms with Crippen LogP contribution >= 0.6 is 15.9 Å². The number of aryl methyl sites for hydroxylation is 1. The molecule has 42 heavy (non-hydrogen) atoms. The van der Waals surface area contributed by atoms with Crippen LogP contribution in [0.4, 0.5) is 5.82 Å². The van der Waals surface area contributed by atoms with E-state index in [9.17, 15) is 4.79 Å². The van der Waals surface area contributed by atoms with E-state index in [2.05, 4.69) is 51.7 Å². The minimum absolute atomic E-state index is 0.204. The summed E-state index contributed by atoms with van der Waals surface area (Å²) in [6.45, 7) is 9.62. The summed E-state index contributed by atoms with van der Waals surface area (Å²) in [4.78, 5) is 18.5. The maximum absolute atomic E-state index is 13.9. The lowest BCUT2D eigenvalue weighted by atomic mass is 10.1. The van der Waals surface area contributed by atoms with Gasteiger partial charge < -0.3 is 15.2 Å². The van der Waals surface area contributed by atoms with E-state index in [-0.39, 0.29) is 29.7 Å². The van der Waals surface area contributed by atoms with E-state index >= 15 is 0 Å². The summed E-state index contributed by atoms with van der Waals surface area (Å²) < 4.78 is 16.2. The number of carbonyl (C=O) groups is 1. The number of nitrogens with zero attached hydrogens (tertiary/aromatic N) is 5. The summed E-state index contributed by atoms with van der Waals surface area (Å²) in [7, 11) is -1.27. The molecule has 0 bridgehead atoms. The van der Waals surface area contributed by atoms with Crippen molar-refractivity contribution in [3.63, 3.8) is 0 Å². The molecule has 0 amide bonds. The number of carbonyl (C=O) groups excluding carboxylic acids is 1. The zero-order valence-corrected chi connectivity index (χ0v) is 26.5. The summed E-state index contributed by atoms with van der Waals surface area (Å²) in [5.41, 5.74) is 10.3. The molecular formula is C31H31BrN6O3Si. The number of nitrogens with two attached hydrogens (primary N) is 1. The third kappa shape index (κ3) is 6.31. The first kappa shape index (κ1) is 29.3. The Kier molecular flexibility index (Phi) is 8.31. The summed E-state index contributed by atoms with van der Waals surface area (Å²) in [5.74, 6) is 1.27. The number of rotatable bonds is 10. The van der Waals surface area contributed by atoms with Crippen LogP contribution in [0.2, 0.25) is 25.7 Å². The second-order valence-corrected chi connectivity index (χ2v) is 17.8. The number of ketones is 1. The highest BCUT2D eigenvalue weighted by Crippen LogP contribution is 2.29. The Labute approximate surface area is 253 Å². The van der Waals surface area contributed by atoms with Crippen molar-refractivity contribution in [3.8, 4) is 23.3 Å². The Bertz CT molecular complexity index is 1830. The molecule has 0 saturated carbocycles. The lowest BCUT2D eigenvalue weighted by Crippen LogP contribution is -2.22. The average molecular weight is 644 g/mol. The molecule has 0 radical (unpaired) electrons. The van der Waals surface area contributed by atoms with E-state index in [1.807, 2.05) is 37.3 Å². The molecule has 214 valence electrons. The Balaban J connectivity index is 1.42. The lowest BCUT2D eigenvalue weighted by molar-refractivity contribution is 0.0835. The normalized spacial score (nSPS) is 11.5. The third-order valence-electron chi connectivity index (χ3n) is 6.78. The lowest BCUT2D eigenvalue weighted by Gasteiger charge is -2.16. The molecule has 0 aliphatic heterocycles. The van der Waals surface area contributed by atoms with Gasteiger partial charge in [-0.25, -0.2) is 9.67 Å². The van der Waals surface area contributed by atoms with Crippen LogP contribution in [-0.4, -0.2) is 39.8 Å². The predicted octanol–water partition coefficient (Wildman–Crippen LogP) is 7.08. The van der Waals surface area contributed by atoms with Crippen molar-refractivity contribution in [2.24, 2.45) is 0 Å². The van der Waals surface area contributed by atoms with Gasteiger partial charge in [0, 0.05) is 19.2 Å². The van der Waals surface area contributed by atoms with Crippen LogP contribution in [0.25, 0.3) is 16.7 Å². The van der Waals surface area contributed by atoms with Gasteiger partial charge in [-0.2, -0.15) is 10.4 Å². The van der Waals surface area contributed by atoms with Crippen molar-refractivity contribution in [1.82, 2.24) is 19.3 Å². The number of anilines is 1. The zero-order chi connectivity index (χ0) is 30.0. The molecule has 0 aliphatic rings. The number of hydrogen-bond donors (Lipinski definition) is 1. The van der Waals surface area contributed by atoms with Crippen LogP contribution in [0, 0.1) is 18.3 Å². The van der Waals surface area contributed by atoms with Crippen molar-refractivity contribution >= 4 is 46.6 Å². The highest BCUT2D eigenvalue weighted by molar-refractivity contribution is 9.10. The topological polar surface area (TPSA) is 121 Å². The van der Waals surface area contributed by atoms with Gasteiger partial charge in [0.1, 0.15) is 24.0 Å². The average Bonchev–Trinajstić information content (AvgIpc) is 3.50. The van der Waals surface area contributed by atoms with E-state index in [1.165, 1.54) is 10.9 Å². The first-order valence-electron chi connectivity index (χ1n) is 13.4. The van der Waals surface area contributed by atoms with Gasteiger partial charge in [-0.05, 0) is 73.1 Å². The molecule has 2 heterocycles. The first-order valence-corrected chi connectivity index (χ1v) is 17.9. The maximum Gasteiger partial charge on any atom is 0.233 e. The number of ether oxygens (including phenoxy) is 2. The second-order valence-electron chi connectivity index (χ2n) is 11.2. The Morgan fingerprint density at radius 3 is 2.62 bits per heavy atom. The molecule has 11 heteroatoms. The maximum atomic E-state index is 13.9. The molecule has 0 unspecified atom stereocenters. The van der Waals surface area contributed by atoms with Crippen molar-refractivity contribution in [3.05, 3.63) is 93.8 Å². The van der Waals surface area contributed by atoms with Gasteiger partial charge in [-0.15, -0.1) is 0 Å². The van der Waals surface area contributed by atoms with Crippen LogP contribution in [0.5, 0.6) is 11.5 Å². The molecule has 0 spiro atoms.